The van der Waals surface area contributed by atoms with Crippen molar-refractivity contribution in [1.82, 2.24) is 5.32 Å². The number of carbonyl (C=O) groups excluding carboxylic acids is 1. The number of nitrogens with two attached hydrogens (primary N) is 1. The highest BCUT2D eigenvalue weighted by Crippen LogP contribution is 2.17. The van der Waals surface area contributed by atoms with Crippen LogP contribution in [0.3, 0.4) is 0 Å². The number of ether oxygens (including phenoxy) is 2. The minimum absolute atomic E-state index is 0. The van der Waals surface area contributed by atoms with Crippen LogP contribution in [0.25, 0.3) is 0 Å². The van der Waals surface area contributed by atoms with Crippen LogP contribution in [0.5, 0.6) is 0 Å². The second-order valence-corrected chi connectivity index (χ2v) is 5.89. The van der Waals surface area contributed by atoms with Gasteiger partial charge in [-0.15, -0.1) is 12.4 Å². The van der Waals surface area contributed by atoms with Gasteiger partial charge < -0.3 is 20.5 Å². The van der Waals surface area contributed by atoms with E-state index in [4.69, 9.17) is 15.2 Å². The minimum atomic E-state index is -0.458. The molecule has 1 saturated heterocycles. The second-order valence-electron chi connectivity index (χ2n) is 5.89. The van der Waals surface area contributed by atoms with Crippen molar-refractivity contribution in [3.8, 4) is 0 Å². The largest absolute Gasteiger partial charge is 0.381 e. The third-order valence-corrected chi connectivity index (χ3v) is 3.94. The minimum Gasteiger partial charge on any atom is -0.381 e. The summed E-state index contributed by atoms with van der Waals surface area (Å²) in [5.74, 6) is 0.119. The van der Waals surface area contributed by atoms with Crippen molar-refractivity contribution in [3.63, 3.8) is 0 Å². The number of carbonyl (C=O) groups is 1. The predicted octanol–water partition coefficient (Wildman–Crippen LogP) is 1.88. The van der Waals surface area contributed by atoms with E-state index >= 15 is 0 Å². The van der Waals surface area contributed by atoms with Gasteiger partial charge in [-0.05, 0) is 31.2 Å². The summed E-state index contributed by atoms with van der Waals surface area (Å²) in [5.41, 5.74) is 7.18. The number of rotatable bonds is 7. The van der Waals surface area contributed by atoms with Crippen molar-refractivity contribution >= 4 is 18.3 Å². The van der Waals surface area contributed by atoms with E-state index in [2.05, 4.69) is 5.32 Å². The van der Waals surface area contributed by atoms with Crippen LogP contribution in [0.15, 0.2) is 30.3 Å². The van der Waals surface area contributed by atoms with E-state index in [1.807, 2.05) is 37.3 Å². The van der Waals surface area contributed by atoms with Gasteiger partial charge in [0.15, 0.2) is 0 Å². The number of amides is 1. The van der Waals surface area contributed by atoms with Crippen LogP contribution in [0.1, 0.15) is 25.3 Å². The molecule has 0 spiro atoms. The Morgan fingerprint density at radius 3 is 2.65 bits per heavy atom. The molecule has 2 unspecified atom stereocenters. The van der Waals surface area contributed by atoms with E-state index in [1.54, 1.807) is 0 Å². The maximum Gasteiger partial charge on any atom is 0.237 e. The Morgan fingerprint density at radius 2 is 2.00 bits per heavy atom. The smallest absolute Gasteiger partial charge is 0.237 e. The molecule has 23 heavy (non-hydrogen) atoms. The summed E-state index contributed by atoms with van der Waals surface area (Å²) >= 11 is 0. The molecule has 1 aliphatic rings. The predicted molar refractivity (Wildman–Crippen MR) is 92.5 cm³/mol. The zero-order valence-corrected chi connectivity index (χ0v) is 14.4. The monoisotopic (exact) mass is 342 g/mol. The number of hydrogen-bond donors (Lipinski definition) is 2. The normalized spacial score (nSPS) is 17.8. The van der Waals surface area contributed by atoms with Crippen LogP contribution >= 0.6 is 12.4 Å². The fourth-order valence-corrected chi connectivity index (χ4v) is 2.60. The molecule has 0 aliphatic carbocycles. The lowest BCUT2D eigenvalue weighted by Gasteiger charge is -2.27. The van der Waals surface area contributed by atoms with Gasteiger partial charge in [-0.1, -0.05) is 30.3 Å². The summed E-state index contributed by atoms with van der Waals surface area (Å²) in [7, 11) is 0. The van der Waals surface area contributed by atoms with E-state index in [9.17, 15) is 4.79 Å². The van der Waals surface area contributed by atoms with Crippen molar-refractivity contribution in [2.75, 3.05) is 19.8 Å². The van der Waals surface area contributed by atoms with Gasteiger partial charge >= 0.3 is 0 Å². The molecular weight excluding hydrogens is 316 g/mol. The molecule has 0 bridgehead atoms. The molecule has 0 aromatic heterocycles. The van der Waals surface area contributed by atoms with Crippen LogP contribution in [0.4, 0.5) is 0 Å². The molecule has 2 rings (SSSR count). The zero-order valence-electron chi connectivity index (χ0n) is 13.6. The van der Waals surface area contributed by atoms with Gasteiger partial charge in [-0.2, -0.15) is 0 Å². The highest BCUT2D eigenvalue weighted by atomic mass is 35.5. The van der Waals surface area contributed by atoms with Gasteiger partial charge in [0.25, 0.3) is 0 Å². The number of nitrogens with one attached hydrogen (secondary N) is 1. The van der Waals surface area contributed by atoms with Gasteiger partial charge in [-0.3, -0.25) is 4.79 Å². The van der Waals surface area contributed by atoms with Crippen LogP contribution < -0.4 is 11.1 Å². The molecule has 0 radical (unpaired) electrons. The maximum absolute atomic E-state index is 12.2. The van der Waals surface area contributed by atoms with E-state index in [0.717, 1.165) is 18.4 Å². The first-order chi connectivity index (χ1) is 10.7. The van der Waals surface area contributed by atoms with E-state index in [1.165, 1.54) is 0 Å². The number of halogens is 1. The zero-order chi connectivity index (χ0) is 15.8. The molecule has 1 aromatic carbocycles. The molecule has 0 saturated carbocycles. The van der Waals surface area contributed by atoms with Gasteiger partial charge in [0.2, 0.25) is 5.91 Å². The first-order valence-corrected chi connectivity index (χ1v) is 7.92. The van der Waals surface area contributed by atoms with Crippen molar-refractivity contribution in [2.24, 2.45) is 11.7 Å². The Morgan fingerprint density at radius 1 is 1.35 bits per heavy atom. The molecule has 3 N–H and O–H groups in total. The Bertz CT molecular complexity index is 452. The summed E-state index contributed by atoms with van der Waals surface area (Å²) in [6.07, 6.45) is 1.71. The van der Waals surface area contributed by atoms with Gasteiger partial charge in [0.05, 0.1) is 19.3 Å². The summed E-state index contributed by atoms with van der Waals surface area (Å²) in [4.78, 5) is 12.2. The molecule has 6 heteroatoms. The van der Waals surface area contributed by atoms with Gasteiger partial charge in [-0.25, -0.2) is 0 Å². The lowest BCUT2D eigenvalue weighted by molar-refractivity contribution is -0.125. The molecule has 1 heterocycles. The van der Waals surface area contributed by atoms with Crippen LogP contribution in [0, 0.1) is 5.92 Å². The second kappa shape index (κ2) is 10.6. The lowest BCUT2D eigenvalue weighted by Crippen LogP contribution is -2.50. The Labute approximate surface area is 144 Å². The highest BCUT2D eigenvalue weighted by Gasteiger charge is 2.27. The Balaban J connectivity index is 0.00000264. The average Bonchev–Trinajstić information content (AvgIpc) is 2.56. The van der Waals surface area contributed by atoms with E-state index < -0.39 is 6.04 Å². The fraction of sp³-hybridized carbons (Fsp3) is 0.588. The number of hydrogen-bond acceptors (Lipinski definition) is 4. The summed E-state index contributed by atoms with van der Waals surface area (Å²) < 4.78 is 10.9. The van der Waals surface area contributed by atoms with Crippen LogP contribution in [-0.4, -0.2) is 37.8 Å². The molecule has 2 atom stereocenters. The molecule has 1 aliphatic heterocycles. The standard InChI is InChI=1S/C17H26N2O3.ClH/c1-13(11-22-12-14-5-3-2-4-6-14)19-17(20)16(18)15-7-9-21-10-8-15;/h2-6,13,15-16H,7-12,18H2,1H3,(H,19,20);1H. The van der Waals surface area contributed by atoms with Crippen LogP contribution in [0.2, 0.25) is 0 Å². The molecule has 1 aromatic rings. The van der Waals surface area contributed by atoms with Crippen molar-refractivity contribution in [3.05, 3.63) is 35.9 Å². The summed E-state index contributed by atoms with van der Waals surface area (Å²) in [6.45, 7) is 4.34. The van der Waals surface area contributed by atoms with Crippen molar-refractivity contribution < 1.29 is 14.3 Å². The fourth-order valence-electron chi connectivity index (χ4n) is 2.60. The van der Waals surface area contributed by atoms with E-state index in [-0.39, 0.29) is 30.3 Å². The molecule has 1 fully saturated rings. The third kappa shape index (κ3) is 6.87. The first kappa shape index (κ1) is 19.9. The Kier molecular flexibility index (Phi) is 9.17. The quantitative estimate of drug-likeness (QED) is 0.793. The van der Waals surface area contributed by atoms with E-state index in [0.29, 0.717) is 26.4 Å². The molecule has 130 valence electrons. The summed E-state index contributed by atoms with van der Waals surface area (Å²) in [6, 6.07) is 9.47. The maximum atomic E-state index is 12.2. The van der Waals surface area contributed by atoms with Crippen LogP contribution in [-0.2, 0) is 20.9 Å². The first-order valence-electron chi connectivity index (χ1n) is 7.92. The Hall–Kier alpha value is -1.14. The SMILES string of the molecule is CC(COCc1ccccc1)NC(=O)C(N)C1CCOCC1.Cl. The third-order valence-electron chi connectivity index (χ3n) is 3.94. The average molecular weight is 343 g/mol. The molecule has 5 nitrogen and oxygen atoms in total. The van der Waals surface area contributed by atoms with Crippen molar-refractivity contribution in [2.45, 2.75) is 38.5 Å². The molecular formula is C17H27ClN2O3. The van der Waals surface area contributed by atoms with Gasteiger partial charge in [0, 0.05) is 19.3 Å². The highest BCUT2D eigenvalue weighted by molar-refractivity contribution is 5.85. The molecule has 1 amide bonds. The van der Waals surface area contributed by atoms with Gasteiger partial charge in [0.1, 0.15) is 0 Å². The topological polar surface area (TPSA) is 73.6 Å². The lowest BCUT2D eigenvalue weighted by atomic mass is 9.92. The summed E-state index contributed by atoms with van der Waals surface area (Å²) in [5, 5.41) is 2.93. The van der Waals surface area contributed by atoms with Crippen molar-refractivity contribution in [1.29, 1.82) is 0 Å². The number of benzene rings is 1.